The van der Waals surface area contributed by atoms with Gasteiger partial charge in [0.25, 0.3) is 0 Å². The third-order valence-corrected chi connectivity index (χ3v) is 3.43. The summed E-state index contributed by atoms with van der Waals surface area (Å²) in [5, 5.41) is 1.03. The van der Waals surface area contributed by atoms with Crippen LogP contribution < -0.4 is 5.43 Å². The summed E-state index contributed by atoms with van der Waals surface area (Å²) in [7, 11) is 0. The Morgan fingerprint density at radius 3 is 2.62 bits per heavy atom. The van der Waals surface area contributed by atoms with Crippen LogP contribution in [-0.4, -0.2) is 9.97 Å². The first-order valence-electron chi connectivity index (χ1n) is 6.55. The summed E-state index contributed by atoms with van der Waals surface area (Å²) in [6.45, 7) is 0. The number of nitrogens with zero attached hydrogens (tertiary/aromatic N) is 2. The molecule has 0 N–H and O–H groups in total. The number of hydrogen-bond donors (Lipinski definition) is 0. The van der Waals surface area contributed by atoms with E-state index in [4.69, 9.17) is 4.42 Å². The minimum atomic E-state index is -0.0721. The first-order chi connectivity index (χ1) is 10.3. The molecule has 0 saturated heterocycles. The van der Waals surface area contributed by atoms with Crippen molar-refractivity contribution in [2.24, 2.45) is 0 Å². The van der Waals surface area contributed by atoms with Gasteiger partial charge >= 0.3 is 0 Å². The zero-order valence-corrected chi connectivity index (χ0v) is 11.0. The second-order valence-corrected chi connectivity index (χ2v) is 4.71. The summed E-state index contributed by atoms with van der Waals surface area (Å²) in [5.74, 6) is 0. The molecule has 0 radical (unpaired) electrons. The third kappa shape index (κ3) is 1.80. The van der Waals surface area contributed by atoms with Crippen molar-refractivity contribution < 1.29 is 4.42 Å². The van der Waals surface area contributed by atoms with Crippen LogP contribution >= 0.6 is 0 Å². The van der Waals surface area contributed by atoms with E-state index in [2.05, 4.69) is 9.97 Å². The maximum Gasteiger partial charge on any atom is 0.202 e. The zero-order chi connectivity index (χ0) is 14.2. The van der Waals surface area contributed by atoms with Crippen molar-refractivity contribution in [3.63, 3.8) is 0 Å². The van der Waals surface area contributed by atoms with Gasteiger partial charge in [-0.2, -0.15) is 0 Å². The Morgan fingerprint density at radius 1 is 0.905 bits per heavy atom. The van der Waals surface area contributed by atoms with Crippen LogP contribution in [-0.2, 0) is 0 Å². The molecule has 1 aromatic carbocycles. The highest BCUT2D eigenvalue weighted by molar-refractivity contribution is 5.96. The number of rotatable bonds is 1. The fourth-order valence-electron chi connectivity index (χ4n) is 2.42. The van der Waals surface area contributed by atoms with Gasteiger partial charge in [0.15, 0.2) is 5.58 Å². The average Bonchev–Trinajstić information content (AvgIpc) is 2.56. The molecule has 0 atom stereocenters. The largest absolute Gasteiger partial charge is 0.455 e. The second-order valence-electron chi connectivity index (χ2n) is 4.71. The molecule has 4 aromatic rings. The van der Waals surface area contributed by atoms with E-state index in [1.165, 1.54) is 0 Å². The van der Waals surface area contributed by atoms with Crippen molar-refractivity contribution in [2.75, 3.05) is 0 Å². The number of aromatic nitrogens is 2. The monoisotopic (exact) mass is 274 g/mol. The molecule has 4 nitrogen and oxygen atoms in total. The van der Waals surface area contributed by atoms with Crippen molar-refractivity contribution in [3.05, 3.63) is 71.3 Å². The van der Waals surface area contributed by atoms with Gasteiger partial charge < -0.3 is 4.42 Å². The SMILES string of the molecule is O=c1c2ccccc2oc2c(-c3ccccn3)cncc12. The Bertz CT molecular complexity index is 1010. The van der Waals surface area contributed by atoms with Gasteiger partial charge in [0.2, 0.25) is 5.43 Å². The van der Waals surface area contributed by atoms with Crippen LogP contribution in [0.5, 0.6) is 0 Å². The van der Waals surface area contributed by atoms with E-state index in [0.29, 0.717) is 21.9 Å². The average molecular weight is 274 g/mol. The molecule has 0 saturated carbocycles. The molecule has 0 bridgehead atoms. The molecule has 3 heterocycles. The van der Waals surface area contributed by atoms with E-state index >= 15 is 0 Å². The van der Waals surface area contributed by atoms with Crippen molar-refractivity contribution >= 4 is 21.9 Å². The molecule has 0 amide bonds. The van der Waals surface area contributed by atoms with E-state index in [-0.39, 0.29) is 5.43 Å². The van der Waals surface area contributed by atoms with Crippen molar-refractivity contribution in [1.29, 1.82) is 0 Å². The van der Waals surface area contributed by atoms with Crippen molar-refractivity contribution in [2.45, 2.75) is 0 Å². The Hall–Kier alpha value is -3.01. The lowest BCUT2D eigenvalue weighted by Crippen LogP contribution is -2.03. The van der Waals surface area contributed by atoms with Gasteiger partial charge in [0.05, 0.1) is 22.0 Å². The summed E-state index contributed by atoms with van der Waals surface area (Å²) >= 11 is 0. The van der Waals surface area contributed by atoms with Crippen LogP contribution in [0.3, 0.4) is 0 Å². The molecule has 0 aliphatic rings. The smallest absolute Gasteiger partial charge is 0.202 e. The van der Waals surface area contributed by atoms with Gasteiger partial charge in [-0.15, -0.1) is 0 Å². The fourth-order valence-corrected chi connectivity index (χ4v) is 2.42. The predicted octanol–water partition coefficient (Wildman–Crippen LogP) is 3.40. The lowest BCUT2D eigenvalue weighted by Gasteiger charge is -2.05. The summed E-state index contributed by atoms with van der Waals surface area (Å²) in [6.07, 6.45) is 4.91. The van der Waals surface area contributed by atoms with Crippen LogP contribution in [0.4, 0.5) is 0 Å². The van der Waals surface area contributed by atoms with Gasteiger partial charge in [-0.3, -0.25) is 14.8 Å². The van der Waals surface area contributed by atoms with E-state index < -0.39 is 0 Å². The first-order valence-corrected chi connectivity index (χ1v) is 6.55. The Labute approximate surface area is 119 Å². The Morgan fingerprint density at radius 2 is 1.76 bits per heavy atom. The van der Waals surface area contributed by atoms with Crippen LogP contribution in [0, 0.1) is 0 Å². The number of hydrogen-bond acceptors (Lipinski definition) is 4. The quantitative estimate of drug-likeness (QED) is 0.499. The molecule has 100 valence electrons. The van der Waals surface area contributed by atoms with Crippen molar-refractivity contribution in [1.82, 2.24) is 9.97 Å². The lowest BCUT2D eigenvalue weighted by molar-refractivity contribution is 0.660. The van der Waals surface area contributed by atoms with Crippen molar-refractivity contribution in [3.8, 4) is 11.3 Å². The molecule has 4 rings (SSSR count). The minimum absolute atomic E-state index is 0.0721. The highest BCUT2D eigenvalue weighted by atomic mass is 16.3. The zero-order valence-electron chi connectivity index (χ0n) is 11.0. The molecule has 0 aliphatic heterocycles. The summed E-state index contributed by atoms with van der Waals surface area (Å²) in [5.41, 5.74) is 2.47. The van der Waals surface area contributed by atoms with Gasteiger partial charge in [-0.1, -0.05) is 18.2 Å². The normalized spacial score (nSPS) is 11.0. The lowest BCUT2D eigenvalue weighted by atomic mass is 10.1. The third-order valence-electron chi connectivity index (χ3n) is 3.43. The molecule has 0 unspecified atom stereocenters. The van der Waals surface area contributed by atoms with Crippen LogP contribution in [0.15, 0.2) is 70.3 Å². The number of fused-ring (bicyclic) bond motifs is 2. The molecule has 0 fully saturated rings. The van der Waals surface area contributed by atoms with Gasteiger partial charge in [0, 0.05) is 18.6 Å². The standard InChI is InChI=1S/C17H10N2O2/c20-16-11-5-1-2-7-15(11)21-17-12(9-18-10-13(16)17)14-6-3-4-8-19-14/h1-10H. The molecular weight excluding hydrogens is 264 g/mol. The molecule has 0 spiro atoms. The molecule has 0 aliphatic carbocycles. The van der Waals surface area contributed by atoms with Crippen LogP contribution in [0.1, 0.15) is 0 Å². The maximum absolute atomic E-state index is 12.6. The maximum atomic E-state index is 12.6. The van der Waals surface area contributed by atoms with Crippen LogP contribution in [0.2, 0.25) is 0 Å². The second kappa shape index (κ2) is 4.52. The molecule has 21 heavy (non-hydrogen) atoms. The Balaban J connectivity index is 2.18. The fraction of sp³-hybridized carbons (Fsp3) is 0. The highest BCUT2D eigenvalue weighted by Crippen LogP contribution is 2.27. The minimum Gasteiger partial charge on any atom is -0.455 e. The molecular formula is C17H10N2O2. The first kappa shape index (κ1) is 11.8. The molecule has 3 aromatic heterocycles. The van der Waals surface area contributed by atoms with E-state index in [9.17, 15) is 4.79 Å². The van der Waals surface area contributed by atoms with Crippen LogP contribution in [0.25, 0.3) is 33.2 Å². The predicted molar refractivity (Wildman–Crippen MR) is 81.0 cm³/mol. The topological polar surface area (TPSA) is 56.0 Å². The number of para-hydroxylation sites is 1. The molecule has 4 heteroatoms. The van der Waals surface area contributed by atoms with Gasteiger partial charge in [0.1, 0.15) is 5.58 Å². The van der Waals surface area contributed by atoms with E-state index in [1.54, 1.807) is 30.7 Å². The van der Waals surface area contributed by atoms with Gasteiger partial charge in [-0.25, -0.2) is 0 Å². The van der Waals surface area contributed by atoms with E-state index in [1.807, 2.05) is 30.3 Å². The van der Waals surface area contributed by atoms with E-state index in [0.717, 1.165) is 11.3 Å². The van der Waals surface area contributed by atoms with Gasteiger partial charge in [-0.05, 0) is 24.3 Å². The summed E-state index contributed by atoms with van der Waals surface area (Å²) < 4.78 is 5.93. The Kier molecular flexibility index (Phi) is 2.54. The summed E-state index contributed by atoms with van der Waals surface area (Å²) in [6, 6.07) is 12.8. The summed E-state index contributed by atoms with van der Waals surface area (Å²) in [4.78, 5) is 21.0. The number of benzene rings is 1. The highest BCUT2D eigenvalue weighted by Gasteiger charge is 2.12. The number of pyridine rings is 2.